The predicted octanol–water partition coefficient (Wildman–Crippen LogP) is 0.835. The van der Waals surface area contributed by atoms with Gasteiger partial charge in [-0.2, -0.15) is 0 Å². The second kappa shape index (κ2) is 9.33. The van der Waals surface area contributed by atoms with E-state index < -0.39 is 17.5 Å². The second-order valence-electron chi connectivity index (χ2n) is 6.95. The van der Waals surface area contributed by atoms with Gasteiger partial charge in [0.15, 0.2) is 0 Å². The lowest BCUT2D eigenvalue weighted by Crippen LogP contribution is -2.57. The number of hydrogen-bond donors (Lipinski definition) is 3. The first-order valence-corrected chi connectivity index (χ1v) is 8.44. The number of rotatable bonds is 5. The van der Waals surface area contributed by atoms with Crippen LogP contribution in [-0.4, -0.2) is 67.3 Å². The summed E-state index contributed by atoms with van der Waals surface area (Å²) in [5.74, 6) is -0.989. The number of amides is 1. The van der Waals surface area contributed by atoms with Crippen molar-refractivity contribution >= 4 is 18.3 Å². The van der Waals surface area contributed by atoms with Crippen LogP contribution in [0.1, 0.15) is 43.6 Å². The Morgan fingerprint density at radius 3 is 2.54 bits per heavy atom. The minimum atomic E-state index is -1.30. The van der Waals surface area contributed by atoms with E-state index in [-0.39, 0.29) is 25.3 Å². The molecule has 1 aliphatic heterocycles. The third-order valence-corrected chi connectivity index (χ3v) is 4.59. The summed E-state index contributed by atoms with van der Waals surface area (Å²) < 4.78 is 1.68. The number of carbonyl (C=O) groups excluding carboxylic acids is 1. The molecule has 1 amide bonds. The number of aryl methyl sites for hydroxylation is 1. The van der Waals surface area contributed by atoms with Crippen molar-refractivity contribution in [2.45, 2.75) is 39.2 Å². The van der Waals surface area contributed by atoms with Crippen molar-refractivity contribution in [3.63, 3.8) is 0 Å². The molecule has 1 fully saturated rings. The van der Waals surface area contributed by atoms with Gasteiger partial charge in [-0.05, 0) is 25.2 Å². The molecule has 9 nitrogen and oxygen atoms in total. The zero-order valence-corrected chi connectivity index (χ0v) is 15.3. The number of carboxylic acids is 1. The monoisotopic (exact) mass is 369 g/mol. The molecule has 0 unspecified atom stereocenters. The van der Waals surface area contributed by atoms with Crippen LogP contribution in [0, 0.1) is 11.3 Å². The van der Waals surface area contributed by atoms with Crippen LogP contribution < -0.4 is 0 Å². The molecule has 1 aromatic rings. The molecule has 0 aliphatic carbocycles. The molecule has 0 radical (unpaired) electrons. The number of nitrogens with zero attached hydrogens (tertiary/aromatic N) is 3. The van der Waals surface area contributed by atoms with E-state index in [4.69, 9.17) is 9.90 Å². The van der Waals surface area contributed by atoms with E-state index in [1.165, 1.54) is 11.2 Å². The number of carboxylic acid groups (broad SMARTS) is 2. The number of aliphatic hydroxyl groups is 1. The first-order chi connectivity index (χ1) is 12.2. The minimum absolute atomic E-state index is 0.0195. The van der Waals surface area contributed by atoms with E-state index in [1.54, 1.807) is 17.8 Å². The number of likely N-dealkylation sites (tertiary alicyclic amines) is 1. The highest BCUT2D eigenvalue weighted by Crippen LogP contribution is 2.37. The lowest BCUT2D eigenvalue weighted by atomic mass is 9.72. The fraction of sp³-hybridized carbons (Fsp3) is 0.647. The first kappa shape index (κ1) is 21.6. The number of aliphatic carboxylic acids is 1. The van der Waals surface area contributed by atoms with Gasteiger partial charge in [0.25, 0.3) is 12.4 Å². The molecule has 2 atom stereocenters. The van der Waals surface area contributed by atoms with Crippen molar-refractivity contribution in [1.29, 1.82) is 0 Å². The van der Waals surface area contributed by atoms with Gasteiger partial charge in [0, 0.05) is 26.3 Å². The van der Waals surface area contributed by atoms with Gasteiger partial charge in [0.2, 0.25) is 0 Å². The lowest BCUT2D eigenvalue weighted by molar-refractivity contribution is -0.163. The number of carbonyl (C=O) groups is 3. The number of aromatic nitrogens is 2. The molecule has 0 aromatic carbocycles. The summed E-state index contributed by atoms with van der Waals surface area (Å²) in [5.41, 5.74) is -1.00. The lowest BCUT2D eigenvalue weighted by Gasteiger charge is -2.43. The molecule has 146 valence electrons. The van der Waals surface area contributed by atoms with Gasteiger partial charge in [-0.1, -0.05) is 13.8 Å². The summed E-state index contributed by atoms with van der Waals surface area (Å²) in [6.45, 7) is 4.14. The van der Waals surface area contributed by atoms with Crippen molar-refractivity contribution in [3.8, 4) is 0 Å². The Hall–Kier alpha value is -2.42. The molecule has 26 heavy (non-hydrogen) atoms. The van der Waals surface area contributed by atoms with Crippen LogP contribution in [0.2, 0.25) is 0 Å². The van der Waals surface area contributed by atoms with Crippen LogP contribution in [0.4, 0.5) is 0 Å². The van der Waals surface area contributed by atoms with Crippen molar-refractivity contribution in [2.24, 2.45) is 18.4 Å². The van der Waals surface area contributed by atoms with E-state index in [0.717, 1.165) is 0 Å². The molecule has 1 aromatic heterocycles. The number of aliphatic hydroxyl groups excluding tert-OH is 1. The van der Waals surface area contributed by atoms with Gasteiger partial charge in [-0.25, -0.2) is 4.98 Å². The largest absolute Gasteiger partial charge is 0.483 e. The van der Waals surface area contributed by atoms with Gasteiger partial charge in [-0.3, -0.25) is 14.4 Å². The van der Waals surface area contributed by atoms with E-state index >= 15 is 0 Å². The molecule has 0 saturated carbocycles. The van der Waals surface area contributed by atoms with Gasteiger partial charge in [-0.15, -0.1) is 0 Å². The minimum Gasteiger partial charge on any atom is -0.483 e. The third kappa shape index (κ3) is 5.04. The molecule has 2 rings (SSSR count). The zero-order chi connectivity index (χ0) is 19.9. The van der Waals surface area contributed by atoms with Gasteiger partial charge in [0.1, 0.15) is 11.1 Å². The van der Waals surface area contributed by atoms with Crippen molar-refractivity contribution in [3.05, 3.63) is 18.2 Å². The maximum Gasteiger partial charge on any atom is 0.314 e. The highest BCUT2D eigenvalue weighted by molar-refractivity contribution is 5.92. The highest BCUT2D eigenvalue weighted by Gasteiger charge is 2.50. The van der Waals surface area contributed by atoms with E-state index in [2.05, 4.69) is 4.98 Å². The maximum absolute atomic E-state index is 12.5. The van der Waals surface area contributed by atoms with Crippen LogP contribution in [0.25, 0.3) is 0 Å². The van der Waals surface area contributed by atoms with Crippen LogP contribution in [0.15, 0.2) is 12.5 Å². The molecule has 0 bridgehead atoms. The summed E-state index contributed by atoms with van der Waals surface area (Å²) >= 11 is 0. The van der Waals surface area contributed by atoms with E-state index in [9.17, 15) is 19.8 Å². The SMILES string of the molecule is CC(C)CC[C@@]1(C(=O)O)CN(C(=O)c2cn(C)cn2)CC[C@H]1O.O=CO. The molecule has 1 aliphatic rings. The maximum atomic E-state index is 12.5. The van der Waals surface area contributed by atoms with Crippen molar-refractivity contribution in [1.82, 2.24) is 14.5 Å². The Balaban J connectivity index is 0.00000105. The Kier molecular flexibility index (Phi) is 7.76. The molecular weight excluding hydrogens is 342 g/mol. The normalized spacial score (nSPS) is 22.5. The third-order valence-electron chi connectivity index (χ3n) is 4.59. The smallest absolute Gasteiger partial charge is 0.314 e. The van der Waals surface area contributed by atoms with E-state index in [0.29, 0.717) is 31.0 Å². The molecule has 9 heteroatoms. The fourth-order valence-electron chi connectivity index (χ4n) is 3.05. The van der Waals surface area contributed by atoms with Crippen molar-refractivity contribution < 1.29 is 29.7 Å². The van der Waals surface area contributed by atoms with Crippen LogP contribution >= 0.6 is 0 Å². The number of hydrogen-bond acceptors (Lipinski definition) is 5. The fourth-order valence-corrected chi connectivity index (χ4v) is 3.05. The van der Waals surface area contributed by atoms with E-state index in [1.807, 2.05) is 13.8 Å². The summed E-state index contributed by atoms with van der Waals surface area (Å²) in [4.78, 5) is 38.3. The van der Waals surface area contributed by atoms with Crippen LogP contribution in [-0.2, 0) is 16.6 Å². The molecule has 3 N–H and O–H groups in total. The zero-order valence-electron chi connectivity index (χ0n) is 15.3. The van der Waals surface area contributed by atoms with Crippen LogP contribution in [0.5, 0.6) is 0 Å². The molecule has 1 saturated heterocycles. The van der Waals surface area contributed by atoms with Gasteiger partial charge in [0.05, 0.1) is 12.4 Å². The predicted molar refractivity (Wildman–Crippen MR) is 92.6 cm³/mol. The Labute approximate surface area is 152 Å². The summed E-state index contributed by atoms with van der Waals surface area (Å²) in [6.07, 6.45) is 3.52. The number of imidazole rings is 1. The second-order valence-corrected chi connectivity index (χ2v) is 6.95. The summed E-state index contributed by atoms with van der Waals surface area (Å²) in [7, 11) is 1.77. The Morgan fingerprint density at radius 1 is 1.46 bits per heavy atom. The standard InChI is InChI=1S/C16H25N3O4.CH2O2/c1-11(2)4-6-16(15(22)23)9-19(7-5-13(16)20)14(21)12-8-18(3)10-17-12;2-1-3/h8,10-11,13,20H,4-7,9H2,1-3H3,(H,22,23);1H,(H,2,3)/t13-,16-;/m1./s1. The highest BCUT2D eigenvalue weighted by atomic mass is 16.4. The first-order valence-electron chi connectivity index (χ1n) is 8.44. The Bertz CT molecular complexity index is 630. The van der Waals surface area contributed by atoms with Crippen molar-refractivity contribution in [2.75, 3.05) is 13.1 Å². The quantitative estimate of drug-likeness (QED) is 0.655. The topological polar surface area (TPSA) is 133 Å². The van der Waals surface area contributed by atoms with Crippen LogP contribution in [0.3, 0.4) is 0 Å². The van der Waals surface area contributed by atoms with Gasteiger partial charge < -0.3 is 24.8 Å². The average Bonchev–Trinajstić information content (AvgIpc) is 3.00. The molecule has 2 heterocycles. The average molecular weight is 369 g/mol. The Morgan fingerprint density at radius 2 is 2.08 bits per heavy atom. The summed E-state index contributed by atoms with van der Waals surface area (Å²) in [5, 5.41) is 27.0. The molecular formula is C17H27N3O6. The molecule has 0 spiro atoms. The van der Waals surface area contributed by atoms with Gasteiger partial charge >= 0.3 is 5.97 Å². The summed E-state index contributed by atoms with van der Waals surface area (Å²) in [6, 6.07) is 0. The number of piperidine rings is 1.